The first-order chi connectivity index (χ1) is 11.7. The number of benzene rings is 1. The van der Waals surface area contributed by atoms with Crippen LogP contribution < -0.4 is 4.74 Å². The monoisotopic (exact) mass is 379 g/mol. The summed E-state index contributed by atoms with van der Waals surface area (Å²) in [6.07, 6.45) is -4.40. The first-order valence-corrected chi connectivity index (χ1v) is 9.35. The van der Waals surface area contributed by atoms with E-state index in [1.54, 1.807) is 0 Å². The number of alkyl halides is 3. The van der Waals surface area contributed by atoms with Crippen LogP contribution in [0.15, 0.2) is 24.3 Å². The molecule has 0 spiro atoms. The van der Waals surface area contributed by atoms with E-state index in [1.165, 1.54) is 17.0 Å². The highest BCUT2D eigenvalue weighted by atomic mass is 32.2. The molecule has 0 radical (unpaired) electrons. The molecule has 1 amide bonds. The lowest BCUT2D eigenvalue weighted by Gasteiger charge is -2.43. The number of sulfone groups is 1. The average Bonchev–Trinajstić information content (AvgIpc) is 2.54. The molecule has 2 unspecified atom stereocenters. The summed E-state index contributed by atoms with van der Waals surface area (Å²) in [5, 5.41) is -0.758. The standard InChI is InChI=1S/C15H16F3NO5S/c16-15(17,18)24-11-3-1-10(2-4-11)14(20)19-6-8-25(21,22)13-9-23-7-5-12(13)19/h1-4,12-13H,5-9H2. The van der Waals surface area contributed by atoms with Gasteiger partial charge in [-0.3, -0.25) is 4.79 Å². The molecule has 25 heavy (non-hydrogen) atoms. The molecule has 0 bridgehead atoms. The molecule has 1 aromatic carbocycles. The van der Waals surface area contributed by atoms with Gasteiger partial charge >= 0.3 is 6.36 Å². The molecule has 2 atom stereocenters. The maximum Gasteiger partial charge on any atom is 0.573 e. The molecule has 0 saturated carbocycles. The number of hydrogen-bond acceptors (Lipinski definition) is 5. The fourth-order valence-corrected chi connectivity index (χ4v) is 4.98. The highest BCUT2D eigenvalue weighted by Gasteiger charge is 2.45. The van der Waals surface area contributed by atoms with Crippen molar-refractivity contribution in [3.8, 4) is 5.75 Å². The van der Waals surface area contributed by atoms with Gasteiger partial charge in [0.15, 0.2) is 9.84 Å². The number of fused-ring (bicyclic) bond motifs is 1. The van der Waals surface area contributed by atoms with E-state index in [2.05, 4.69) is 4.74 Å². The third-order valence-electron chi connectivity index (χ3n) is 4.34. The van der Waals surface area contributed by atoms with Gasteiger partial charge in [0.05, 0.1) is 18.4 Å². The molecule has 2 fully saturated rings. The second-order valence-corrected chi connectivity index (χ2v) is 8.25. The second kappa shape index (κ2) is 6.49. The number of nitrogens with zero attached hydrogens (tertiary/aromatic N) is 1. The third kappa shape index (κ3) is 3.90. The molecule has 0 aliphatic carbocycles. The maximum absolute atomic E-state index is 12.7. The Hall–Kier alpha value is -1.81. The van der Waals surface area contributed by atoms with Gasteiger partial charge in [0.25, 0.3) is 5.91 Å². The molecule has 2 heterocycles. The number of carbonyl (C=O) groups excluding carboxylic acids is 1. The lowest BCUT2D eigenvalue weighted by atomic mass is 10.0. The van der Waals surface area contributed by atoms with E-state index in [1.807, 2.05) is 0 Å². The smallest absolute Gasteiger partial charge is 0.406 e. The van der Waals surface area contributed by atoms with Crippen LogP contribution in [0.5, 0.6) is 5.75 Å². The minimum atomic E-state index is -4.80. The number of ether oxygens (including phenoxy) is 2. The fraction of sp³-hybridized carbons (Fsp3) is 0.533. The highest BCUT2D eigenvalue weighted by molar-refractivity contribution is 7.92. The van der Waals surface area contributed by atoms with Crippen molar-refractivity contribution in [1.82, 2.24) is 4.90 Å². The Balaban J connectivity index is 1.78. The summed E-state index contributed by atoms with van der Waals surface area (Å²) in [7, 11) is -3.32. The zero-order chi connectivity index (χ0) is 18.2. The molecule has 2 aliphatic rings. The van der Waals surface area contributed by atoms with E-state index in [-0.39, 0.29) is 24.5 Å². The number of hydrogen-bond donors (Lipinski definition) is 0. The van der Waals surface area contributed by atoms with Crippen LogP contribution in [0.25, 0.3) is 0 Å². The van der Waals surface area contributed by atoms with E-state index >= 15 is 0 Å². The van der Waals surface area contributed by atoms with E-state index in [4.69, 9.17) is 4.74 Å². The Morgan fingerprint density at radius 3 is 2.56 bits per heavy atom. The summed E-state index contributed by atoms with van der Waals surface area (Å²) >= 11 is 0. The summed E-state index contributed by atoms with van der Waals surface area (Å²) in [6, 6.07) is 4.11. The third-order valence-corrected chi connectivity index (χ3v) is 6.47. The normalized spacial score (nSPS) is 26.0. The number of carbonyl (C=O) groups is 1. The van der Waals surface area contributed by atoms with Crippen LogP contribution in [-0.2, 0) is 14.6 Å². The van der Waals surface area contributed by atoms with Gasteiger partial charge in [-0.05, 0) is 30.7 Å². The minimum Gasteiger partial charge on any atom is -0.406 e. The van der Waals surface area contributed by atoms with Crippen LogP contribution in [0.3, 0.4) is 0 Å². The summed E-state index contributed by atoms with van der Waals surface area (Å²) in [5.74, 6) is -0.988. The van der Waals surface area contributed by atoms with Crippen molar-refractivity contribution in [3.05, 3.63) is 29.8 Å². The second-order valence-electron chi connectivity index (χ2n) is 5.91. The molecule has 138 valence electrons. The SMILES string of the molecule is O=C(c1ccc(OC(F)(F)F)cc1)N1CCS(=O)(=O)C2COCCC21. The Morgan fingerprint density at radius 2 is 1.92 bits per heavy atom. The lowest BCUT2D eigenvalue weighted by molar-refractivity contribution is -0.274. The van der Waals surface area contributed by atoms with Crippen LogP contribution in [-0.4, -0.2) is 62.4 Å². The molecular formula is C15H16F3NO5S. The molecule has 0 aromatic heterocycles. The van der Waals surface area contributed by atoms with Gasteiger partial charge in [-0.15, -0.1) is 13.2 Å². The van der Waals surface area contributed by atoms with Crippen molar-refractivity contribution in [2.45, 2.75) is 24.1 Å². The molecule has 1 aromatic rings. The summed E-state index contributed by atoms with van der Waals surface area (Å²) < 4.78 is 69.9. The van der Waals surface area contributed by atoms with Crippen LogP contribution >= 0.6 is 0 Å². The van der Waals surface area contributed by atoms with E-state index in [9.17, 15) is 26.4 Å². The Morgan fingerprint density at radius 1 is 1.24 bits per heavy atom. The van der Waals surface area contributed by atoms with Crippen molar-refractivity contribution in [2.24, 2.45) is 0 Å². The van der Waals surface area contributed by atoms with E-state index in [0.29, 0.717) is 13.0 Å². The quantitative estimate of drug-likeness (QED) is 0.781. The van der Waals surface area contributed by atoms with Crippen molar-refractivity contribution in [3.63, 3.8) is 0 Å². The minimum absolute atomic E-state index is 0.0507. The van der Waals surface area contributed by atoms with Gasteiger partial charge in [0.2, 0.25) is 0 Å². The number of halogens is 3. The Bertz CT molecular complexity index is 747. The van der Waals surface area contributed by atoms with Gasteiger partial charge in [-0.2, -0.15) is 0 Å². The summed E-state index contributed by atoms with van der Waals surface area (Å²) in [5.41, 5.74) is 0.180. The van der Waals surface area contributed by atoms with Crippen molar-refractivity contribution < 1.29 is 35.9 Å². The molecule has 10 heteroatoms. The Kier molecular flexibility index (Phi) is 4.67. The highest BCUT2D eigenvalue weighted by Crippen LogP contribution is 2.28. The maximum atomic E-state index is 12.7. The number of amides is 1. The van der Waals surface area contributed by atoms with E-state index < -0.39 is 39.1 Å². The first kappa shape index (κ1) is 18.0. The largest absolute Gasteiger partial charge is 0.573 e. The van der Waals surface area contributed by atoms with Crippen LogP contribution in [0, 0.1) is 0 Å². The topological polar surface area (TPSA) is 72.9 Å². The van der Waals surface area contributed by atoms with Gasteiger partial charge in [-0.1, -0.05) is 0 Å². The summed E-state index contributed by atoms with van der Waals surface area (Å²) in [4.78, 5) is 14.2. The molecule has 2 aliphatic heterocycles. The van der Waals surface area contributed by atoms with Crippen molar-refractivity contribution in [2.75, 3.05) is 25.5 Å². The van der Waals surface area contributed by atoms with E-state index in [0.717, 1.165) is 12.1 Å². The number of rotatable bonds is 2. The van der Waals surface area contributed by atoms with Crippen LogP contribution in [0.1, 0.15) is 16.8 Å². The average molecular weight is 379 g/mol. The predicted molar refractivity (Wildman–Crippen MR) is 81.0 cm³/mol. The predicted octanol–water partition coefficient (Wildman–Crippen LogP) is 1.61. The molecule has 2 saturated heterocycles. The molecular weight excluding hydrogens is 363 g/mol. The van der Waals surface area contributed by atoms with Crippen LogP contribution in [0.4, 0.5) is 13.2 Å². The van der Waals surface area contributed by atoms with Crippen molar-refractivity contribution in [1.29, 1.82) is 0 Å². The van der Waals surface area contributed by atoms with Gasteiger partial charge in [0, 0.05) is 18.7 Å². The molecule has 6 nitrogen and oxygen atoms in total. The van der Waals surface area contributed by atoms with Gasteiger partial charge in [-0.25, -0.2) is 8.42 Å². The molecule has 3 rings (SSSR count). The molecule has 0 N–H and O–H groups in total. The lowest BCUT2D eigenvalue weighted by Crippen LogP contribution is -2.60. The zero-order valence-corrected chi connectivity index (χ0v) is 13.8. The van der Waals surface area contributed by atoms with Gasteiger partial charge in [0.1, 0.15) is 11.0 Å². The van der Waals surface area contributed by atoms with Crippen molar-refractivity contribution >= 4 is 15.7 Å². The fourth-order valence-electron chi connectivity index (χ4n) is 3.16. The van der Waals surface area contributed by atoms with Gasteiger partial charge < -0.3 is 14.4 Å². The Labute approximate surface area is 142 Å². The first-order valence-electron chi connectivity index (χ1n) is 7.63. The van der Waals surface area contributed by atoms with Crippen LogP contribution in [0.2, 0.25) is 0 Å². The zero-order valence-electron chi connectivity index (χ0n) is 13.0. The summed E-state index contributed by atoms with van der Waals surface area (Å²) in [6.45, 7) is 0.469.